The van der Waals surface area contributed by atoms with Crippen LogP contribution in [0.1, 0.15) is 51.4 Å². The van der Waals surface area contributed by atoms with E-state index in [1.807, 2.05) is 4.68 Å². The van der Waals surface area contributed by atoms with Gasteiger partial charge in [0.15, 0.2) is 0 Å². The molecule has 1 fully saturated rings. The number of hydrogen-bond acceptors (Lipinski definition) is 2. The number of rotatable bonds is 5. The zero-order chi connectivity index (χ0) is 14.0. The predicted molar refractivity (Wildman–Crippen MR) is 80.5 cm³/mol. The Hall–Kier alpha value is -0.540. The van der Waals surface area contributed by atoms with Crippen molar-refractivity contribution in [2.45, 2.75) is 65.5 Å². The summed E-state index contributed by atoms with van der Waals surface area (Å²) in [6.07, 6.45) is 5.59. The van der Waals surface area contributed by atoms with Gasteiger partial charge in [-0.3, -0.25) is 4.68 Å². The van der Waals surface area contributed by atoms with Gasteiger partial charge in [0.1, 0.15) is 0 Å². The molecule has 0 spiro atoms. The van der Waals surface area contributed by atoms with Crippen LogP contribution in [0.5, 0.6) is 0 Å². The number of hydrogen-bond donors (Lipinski definition) is 1. The molecule has 0 saturated heterocycles. The third kappa shape index (κ3) is 3.14. The van der Waals surface area contributed by atoms with Crippen LogP contribution < -0.4 is 5.73 Å². The summed E-state index contributed by atoms with van der Waals surface area (Å²) < 4.78 is 2.03. The summed E-state index contributed by atoms with van der Waals surface area (Å²) in [7, 11) is 0. The van der Waals surface area contributed by atoms with E-state index in [0.29, 0.717) is 5.92 Å². The molecule has 1 saturated carbocycles. The van der Waals surface area contributed by atoms with Crippen LogP contribution in [-0.2, 0) is 19.4 Å². The Kier molecular flexibility index (Phi) is 4.91. The number of halogens is 1. The minimum absolute atomic E-state index is 0.217. The van der Waals surface area contributed by atoms with Crippen LogP contribution in [-0.4, -0.2) is 15.8 Å². The Morgan fingerprint density at radius 1 is 1.42 bits per heavy atom. The van der Waals surface area contributed by atoms with Crippen molar-refractivity contribution in [3.8, 4) is 0 Å². The van der Waals surface area contributed by atoms with Crippen LogP contribution in [0.15, 0.2) is 0 Å². The lowest BCUT2D eigenvalue weighted by Gasteiger charge is -2.19. The van der Waals surface area contributed by atoms with Gasteiger partial charge >= 0.3 is 0 Å². The SMILES string of the molecule is CCc1nn(CC)c(CC(N)C2CCC(C)C2)c1Cl. The normalized spacial score (nSPS) is 24.9. The average Bonchev–Trinajstić information content (AvgIpc) is 2.95. The summed E-state index contributed by atoms with van der Waals surface area (Å²) in [5, 5.41) is 5.41. The van der Waals surface area contributed by atoms with Gasteiger partial charge in [-0.15, -0.1) is 0 Å². The van der Waals surface area contributed by atoms with Crippen LogP contribution in [0.25, 0.3) is 0 Å². The van der Waals surface area contributed by atoms with Crippen LogP contribution in [0.2, 0.25) is 5.02 Å². The Bertz CT molecular complexity index is 427. The zero-order valence-corrected chi connectivity index (χ0v) is 13.1. The number of nitrogens with two attached hydrogens (primary N) is 1. The molecule has 4 heteroatoms. The summed E-state index contributed by atoms with van der Waals surface area (Å²) in [6.45, 7) is 7.39. The van der Waals surface area contributed by atoms with Crippen LogP contribution in [0.3, 0.4) is 0 Å². The second kappa shape index (κ2) is 6.27. The molecule has 0 aliphatic heterocycles. The van der Waals surface area contributed by atoms with Crippen molar-refractivity contribution in [2.24, 2.45) is 17.6 Å². The Balaban J connectivity index is 2.11. The second-order valence-electron chi connectivity index (χ2n) is 5.92. The molecule has 1 aromatic heterocycles. The number of aromatic nitrogens is 2. The molecule has 3 unspecified atom stereocenters. The molecule has 1 aliphatic rings. The average molecular weight is 284 g/mol. The van der Waals surface area contributed by atoms with E-state index in [1.54, 1.807) is 0 Å². The maximum absolute atomic E-state index is 6.45. The topological polar surface area (TPSA) is 43.8 Å². The summed E-state index contributed by atoms with van der Waals surface area (Å²) in [4.78, 5) is 0. The predicted octanol–water partition coefficient (Wildman–Crippen LogP) is 3.42. The van der Waals surface area contributed by atoms with Crippen molar-refractivity contribution < 1.29 is 0 Å². The molecule has 19 heavy (non-hydrogen) atoms. The van der Waals surface area contributed by atoms with Gasteiger partial charge in [0.05, 0.1) is 16.4 Å². The molecule has 0 bridgehead atoms. The van der Waals surface area contributed by atoms with Crippen LogP contribution in [0.4, 0.5) is 0 Å². The first-order valence-corrected chi connectivity index (χ1v) is 7.94. The summed E-state index contributed by atoms with van der Waals surface area (Å²) in [6, 6.07) is 0.217. The molecule has 1 heterocycles. The second-order valence-corrected chi connectivity index (χ2v) is 6.30. The van der Waals surface area contributed by atoms with Crippen molar-refractivity contribution in [1.29, 1.82) is 0 Å². The summed E-state index contributed by atoms with van der Waals surface area (Å²) in [5.74, 6) is 1.48. The highest BCUT2D eigenvalue weighted by molar-refractivity contribution is 6.31. The van der Waals surface area contributed by atoms with Gasteiger partial charge in [0.25, 0.3) is 0 Å². The zero-order valence-electron chi connectivity index (χ0n) is 12.3. The van der Waals surface area contributed by atoms with E-state index < -0.39 is 0 Å². The first-order chi connectivity index (χ1) is 9.06. The van der Waals surface area contributed by atoms with E-state index in [2.05, 4.69) is 25.9 Å². The molecule has 108 valence electrons. The van der Waals surface area contributed by atoms with Crippen LogP contribution >= 0.6 is 11.6 Å². The van der Waals surface area contributed by atoms with Gasteiger partial charge in [-0.1, -0.05) is 31.9 Å². The molecule has 0 amide bonds. The van der Waals surface area contributed by atoms with E-state index in [-0.39, 0.29) is 6.04 Å². The monoisotopic (exact) mass is 283 g/mol. The van der Waals surface area contributed by atoms with E-state index in [4.69, 9.17) is 17.3 Å². The Morgan fingerprint density at radius 3 is 2.68 bits per heavy atom. The maximum Gasteiger partial charge on any atom is 0.0850 e. The lowest BCUT2D eigenvalue weighted by molar-refractivity contribution is 0.406. The van der Waals surface area contributed by atoms with Gasteiger partial charge in [-0.2, -0.15) is 5.10 Å². The van der Waals surface area contributed by atoms with Crippen molar-refractivity contribution in [3.05, 3.63) is 16.4 Å². The highest BCUT2D eigenvalue weighted by Gasteiger charge is 2.28. The number of nitrogens with zero attached hydrogens (tertiary/aromatic N) is 2. The maximum atomic E-state index is 6.45. The highest BCUT2D eigenvalue weighted by Crippen LogP contribution is 2.34. The van der Waals surface area contributed by atoms with Crippen molar-refractivity contribution in [2.75, 3.05) is 0 Å². The lowest BCUT2D eigenvalue weighted by Crippen LogP contribution is -2.32. The van der Waals surface area contributed by atoms with Crippen molar-refractivity contribution in [3.63, 3.8) is 0 Å². The molecular formula is C15H26ClN3. The summed E-state index contributed by atoms with van der Waals surface area (Å²) in [5.41, 5.74) is 8.55. The smallest absolute Gasteiger partial charge is 0.0850 e. The third-order valence-electron chi connectivity index (χ3n) is 4.46. The number of aryl methyl sites for hydroxylation is 2. The first-order valence-electron chi connectivity index (χ1n) is 7.56. The molecule has 2 N–H and O–H groups in total. The lowest BCUT2D eigenvalue weighted by atomic mass is 9.94. The minimum atomic E-state index is 0.217. The third-order valence-corrected chi connectivity index (χ3v) is 4.90. The van der Waals surface area contributed by atoms with Gasteiger partial charge in [0, 0.05) is 19.0 Å². The fourth-order valence-electron chi connectivity index (χ4n) is 3.24. The van der Waals surface area contributed by atoms with E-state index in [1.165, 1.54) is 19.3 Å². The minimum Gasteiger partial charge on any atom is -0.327 e. The quantitative estimate of drug-likeness (QED) is 0.900. The summed E-state index contributed by atoms with van der Waals surface area (Å²) >= 11 is 6.45. The van der Waals surface area contributed by atoms with E-state index in [9.17, 15) is 0 Å². The van der Waals surface area contributed by atoms with Crippen molar-refractivity contribution in [1.82, 2.24) is 9.78 Å². The van der Waals surface area contributed by atoms with Gasteiger partial charge in [-0.05, 0) is 38.0 Å². The molecule has 0 aromatic carbocycles. The highest BCUT2D eigenvalue weighted by atomic mass is 35.5. The fraction of sp³-hybridized carbons (Fsp3) is 0.800. The van der Waals surface area contributed by atoms with E-state index >= 15 is 0 Å². The van der Waals surface area contributed by atoms with Crippen LogP contribution in [0, 0.1) is 11.8 Å². The molecule has 3 nitrogen and oxygen atoms in total. The van der Waals surface area contributed by atoms with Gasteiger partial charge < -0.3 is 5.73 Å². The molecule has 1 aliphatic carbocycles. The Labute approximate surface area is 121 Å². The molecule has 0 radical (unpaired) electrons. The van der Waals surface area contributed by atoms with Gasteiger partial charge in [0.2, 0.25) is 0 Å². The van der Waals surface area contributed by atoms with Gasteiger partial charge in [-0.25, -0.2) is 0 Å². The molecule has 1 aromatic rings. The van der Waals surface area contributed by atoms with E-state index in [0.717, 1.165) is 41.7 Å². The first kappa shape index (κ1) is 14.9. The Morgan fingerprint density at radius 2 is 2.16 bits per heavy atom. The van der Waals surface area contributed by atoms with Crippen molar-refractivity contribution >= 4 is 11.6 Å². The molecule has 2 rings (SSSR count). The molecule has 3 atom stereocenters. The standard InChI is InChI=1S/C15H26ClN3/c1-4-13-15(16)14(19(5-2)18-13)9-12(17)11-7-6-10(3)8-11/h10-12H,4-9,17H2,1-3H3. The molecular weight excluding hydrogens is 258 g/mol. The fourth-order valence-corrected chi connectivity index (χ4v) is 3.59. The largest absolute Gasteiger partial charge is 0.327 e.